The van der Waals surface area contributed by atoms with Crippen molar-refractivity contribution in [1.82, 2.24) is 14.3 Å². The van der Waals surface area contributed by atoms with E-state index in [4.69, 9.17) is 4.74 Å². The van der Waals surface area contributed by atoms with E-state index < -0.39 is 0 Å². The summed E-state index contributed by atoms with van der Waals surface area (Å²) in [6.45, 7) is 2.07. The van der Waals surface area contributed by atoms with Crippen LogP contribution >= 0.6 is 11.5 Å². The number of aryl methyl sites for hydroxylation is 1. The van der Waals surface area contributed by atoms with Gasteiger partial charge in [0.2, 0.25) is 5.88 Å². The predicted octanol–water partition coefficient (Wildman–Crippen LogP) is 2.17. The van der Waals surface area contributed by atoms with Gasteiger partial charge in [0.15, 0.2) is 5.82 Å². The summed E-state index contributed by atoms with van der Waals surface area (Å²) in [6, 6.07) is 3.71. The van der Waals surface area contributed by atoms with E-state index in [0.29, 0.717) is 5.88 Å². The highest BCUT2D eigenvalue weighted by Crippen LogP contribution is 2.20. The number of ether oxygens (including phenoxy) is 1. The smallest absolute Gasteiger partial charge is 0.213 e. The molecule has 0 aromatic carbocycles. The van der Waals surface area contributed by atoms with E-state index in [9.17, 15) is 0 Å². The van der Waals surface area contributed by atoms with E-state index in [0.717, 1.165) is 22.8 Å². The minimum atomic E-state index is 0.584. The molecular formula is C10H11N3OS. The maximum absolute atomic E-state index is 5.05. The highest BCUT2D eigenvalue weighted by Gasteiger charge is 2.06. The first-order chi connectivity index (χ1) is 7.33. The summed E-state index contributed by atoms with van der Waals surface area (Å²) in [5, 5.41) is 1.04. The molecule has 0 aliphatic rings. The van der Waals surface area contributed by atoms with Gasteiger partial charge in [-0.15, -0.1) is 0 Å². The summed E-state index contributed by atoms with van der Waals surface area (Å²) in [5.74, 6) is 1.33. The Labute approximate surface area is 92.1 Å². The molecule has 15 heavy (non-hydrogen) atoms. The summed E-state index contributed by atoms with van der Waals surface area (Å²) in [7, 11) is 1.60. The van der Waals surface area contributed by atoms with Crippen molar-refractivity contribution in [3.05, 3.63) is 23.3 Å². The first-order valence-electron chi connectivity index (χ1n) is 4.66. The van der Waals surface area contributed by atoms with Crippen LogP contribution in [-0.4, -0.2) is 21.5 Å². The second-order valence-electron chi connectivity index (χ2n) is 2.95. The summed E-state index contributed by atoms with van der Waals surface area (Å²) in [6.07, 6.45) is 2.61. The molecule has 0 radical (unpaired) electrons. The van der Waals surface area contributed by atoms with Gasteiger partial charge in [0.05, 0.1) is 7.11 Å². The van der Waals surface area contributed by atoms with Crippen molar-refractivity contribution < 1.29 is 4.74 Å². The van der Waals surface area contributed by atoms with Crippen molar-refractivity contribution in [1.29, 1.82) is 0 Å². The molecule has 2 aromatic rings. The van der Waals surface area contributed by atoms with Crippen LogP contribution in [0.3, 0.4) is 0 Å². The van der Waals surface area contributed by atoms with E-state index in [-0.39, 0.29) is 0 Å². The molecule has 0 spiro atoms. The Morgan fingerprint density at radius 1 is 1.47 bits per heavy atom. The number of pyridine rings is 1. The molecule has 0 bridgehead atoms. The molecule has 0 unspecified atom stereocenters. The van der Waals surface area contributed by atoms with Crippen LogP contribution in [0.5, 0.6) is 5.88 Å². The molecule has 0 amide bonds. The molecule has 0 fully saturated rings. The van der Waals surface area contributed by atoms with Crippen LogP contribution in [-0.2, 0) is 6.42 Å². The quantitative estimate of drug-likeness (QED) is 0.797. The zero-order chi connectivity index (χ0) is 10.7. The Kier molecular flexibility index (Phi) is 2.91. The lowest BCUT2D eigenvalue weighted by atomic mass is 10.2. The number of methoxy groups -OCH3 is 1. The van der Waals surface area contributed by atoms with Gasteiger partial charge in [0, 0.05) is 17.8 Å². The van der Waals surface area contributed by atoms with Crippen LogP contribution in [0.25, 0.3) is 11.4 Å². The molecule has 0 aliphatic carbocycles. The third-order valence-electron chi connectivity index (χ3n) is 1.97. The Morgan fingerprint density at radius 2 is 2.33 bits per heavy atom. The van der Waals surface area contributed by atoms with Crippen molar-refractivity contribution in [2.75, 3.05) is 7.11 Å². The van der Waals surface area contributed by atoms with Gasteiger partial charge >= 0.3 is 0 Å². The third kappa shape index (κ3) is 2.12. The number of rotatable bonds is 3. The monoisotopic (exact) mass is 221 g/mol. The molecule has 78 valence electrons. The van der Waals surface area contributed by atoms with E-state index in [1.165, 1.54) is 11.5 Å². The minimum absolute atomic E-state index is 0.584. The van der Waals surface area contributed by atoms with Gasteiger partial charge < -0.3 is 4.74 Å². The van der Waals surface area contributed by atoms with Crippen LogP contribution in [0.4, 0.5) is 0 Å². The Hall–Kier alpha value is -1.49. The van der Waals surface area contributed by atoms with Gasteiger partial charge in [0.1, 0.15) is 5.01 Å². The van der Waals surface area contributed by atoms with Gasteiger partial charge in [-0.3, -0.25) is 0 Å². The van der Waals surface area contributed by atoms with Gasteiger partial charge in [-0.25, -0.2) is 9.97 Å². The van der Waals surface area contributed by atoms with E-state index in [2.05, 4.69) is 21.3 Å². The highest BCUT2D eigenvalue weighted by molar-refractivity contribution is 7.05. The Balaban J connectivity index is 2.35. The van der Waals surface area contributed by atoms with Crippen molar-refractivity contribution in [2.45, 2.75) is 13.3 Å². The highest BCUT2D eigenvalue weighted by atomic mass is 32.1. The fourth-order valence-electron chi connectivity index (χ4n) is 1.18. The molecular weight excluding hydrogens is 210 g/mol. The van der Waals surface area contributed by atoms with Crippen molar-refractivity contribution in [3.63, 3.8) is 0 Å². The summed E-state index contributed by atoms with van der Waals surface area (Å²) in [5.41, 5.74) is 0.942. The summed E-state index contributed by atoms with van der Waals surface area (Å²) >= 11 is 1.44. The summed E-state index contributed by atoms with van der Waals surface area (Å²) in [4.78, 5) is 8.43. The van der Waals surface area contributed by atoms with Crippen LogP contribution in [0.15, 0.2) is 18.3 Å². The third-order valence-corrected chi connectivity index (χ3v) is 2.83. The lowest BCUT2D eigenvalue weighted by Crippen LogP contribution is -1.88. The SMILES string of the molecule is CCc1nc(-c2ccnc(OC)c2)ns1. The van der Waals surface area contributed by atoms with Gasteiger partial charge in [-0.05, 0) is 24.0 Å². The van der Waals surface area contributed by atoms with Crippen molar-refractivity contribution >= 4 is 11.5 Å². The first-order valence-corrected chi connectivity index (χ1v) is 5.44. The molecule has 0 N–H and O–H groups in total. The van der Waals surface area contributed by atoms with E-state index in [1.807, 2.05) is 12.1 Å². The normalized spacial score (nSPS) is 10.3. The van der Waals surface area contributed by atoms with Gasteiger partial charge in [-0.2, -0.15) is 4.37 Å². The molecule has 2 rings (SSSR count). The lowest BCUT2D eigenvalue weighted by molar-refractivity contribution is 0.398. The number of aromatic nitrogens is 3. The largest absolute Gasteiger partial charge is 0.481 e. The number of hydrogen-bond donors (Lipinski definition) is 0. The Bertz CT molecular complexity index is 455. The lowest BCUT2D eigenvalue weighted by Gasteiger charge is -1.99. The van der Waals surface area contributed by atoms with Crippen LogP contribution in [0.1, 0.15) is 11.9 Å². The Morgan fingerprint density at radius 3 is 3.00 bits per heavy atom. The standard InChI is InChI=1S/C10H11N3OS/c1-3-9-12-10(13-15-9)7-4-5-11-8(6-7)14-2/h4-6H,3H2,1-2H3. The van der Waals surface area contributed by atoms with Crippen LogP contribution < -0.4 is 4.74 Å². The van der Waals surface area contributed by atoms with Gasteiger partial charge in [0.25, 0.3) is 0 Å². The fraction of sp³-hybridized carbons (Fsp3) is 0.300. The zero-order valence-electron chi connectivity index (χ0n) is 8.60. The second kappa shape index (κ2) is 4.35. The molecule has 0 saturated carbocycles. The molecule has 0 aliphatic heterocycles. The minimum Gasteiger partial charge on any atom is -0.481 e. The van der Waals surface area contributed by atoms with Crippen molar-refractivity contribution in [3.8, 4) is 17.3 Å². The average Bonchev–Trinajstić information content (AvgIpc) is 2.78. The maximum atomic E-state index is 5.05. The number of nitrogens with zero attached hydrogens (tertiary/aromatic N) is 3. The average molecular weight is 221 g/mol. The number of hydrogen-bond acceptors (Lipinski definition) is 5. The molecule has 4 nitrogen and oxygen atoms in total. The molecule has 5 heteroatoms. The molecule has 2 aromatic heterocycles. The fourth-order valence-corrected chi connectivity index (χ4v) is 1.77. The van der Waals surface area contributed by atoms with Gasteiger partial charge in [-0.1, -0.05) is 6.92 Å². The molecule has 2 heterocycles. The van der Waals surface area contributed by atoms with Crippen LogP contribution in [0.2, 0.25) is 0 Å². The van der Waals surface area contributed by atoms with E-state index in [1.54, 1.807) is 13.3 Å². The predicted molar refractivity (Wildman–Crippen MR) is 59.1 cm³/mol. The second-order valence-corrected chi connectivity index (χ2v) is 3.79. The van der Waals surface area contributed by atoms with Crippen molar-refractivity contribution in [2.24, 2.45) is 0 Å². The molecule has 0 atom stereocenters. The zero-order valence-corrected chi connectivity index (χ0v) is 9.41. The maximum Gasteiger partial charge on any atom is 0.213 e. The topological polar surface area (TPSA) is 47.9 Å². The van der Waals surface area contributed by atoms with Crippen LogP contribution in [0, 0.1) is 0 Å². The summed E-state index contributed by atoms with van der Waals surface area (Å²) < 4.78 is 9.33. The molecule has 0 saturated heterocycles. The first kappa shape index (κ1) is 10.0. The van der Waals surface area contributed by atoms with E-state index >= 15 is 0 Å².